The number of nitrogens with one attached hydrogen (secondary N) is 2. The van der Waals surface area contributed by atoms with E-state index in [0.717, 1.165) is 52.8 Å². The Balaban J connectivity index is 1.59. The van der Waals surface area contributed by atoms with Crippen LogP contribution in [0.1, 0.15) is 67.5 Å². The van der Waals surface area contributed by atoms with Crippen molar-refractivity contribution in [2.45, 2.75) is 60.0 Å². The molecule has 1 amide bonds. The van der Waals surface area contributed by atoms with Crippen molar-refractivity contribution in [3.05, 3.63) is 101 Å². The molecule has 0 bridgehead atoms. The molecule has 0 spiro atoms. The first kappa shape index (κ1) is 29.3. The van der Waals surface area contributed by atoms with Crippen molar-refractivity contribution in [3.63, 3.8) is 0 Å². The molecule has 7 nitrogen and oxygen atoms in total. The number of rotatable bonds is 9. The zero-order valence-corrected chi connectivity index (χ0v) is 26.1. The lowest BCUT2D eigenvalue weighted by Gasteiger charge is -2.29. The van der Waals surface area contributed by atoms with E-state index >= 15 is 0 Å². The SMILES string of the molecule is CCC(=O)Nc1ccc(N2C(=S)N[C@H](c3ccccn3)[C@@H]2c2cc(C)n(-c3ccc(N(CC)CC)cc3)c2C)cc1C. The van der Waals surface area contributed by atoms with Gasteiger partial charge in [-0.1, -0.05) is 13.0 Å². The second-order valence-electron chi connectivity index (χ2n) is 10.7. The van der Waals surface area contributed by atoms with Crippen LogP contribution in [-0.4, -0.2) is 33.7 Å². The van der Waals surface area contributed by atoms with E-state index in [1.165, 1.54) is 11.3 Å². The lowest BCUT2D eigenvalue weighted by atomic mass is 9.96. The lowest BCUT2D eigenvalue weighted by Crippen LogP contribution is -2.29. The summed E-state index contributed by atoms with van der Waals surface area (Å²) < 4.78 is 2.32. The van der Waals surface area contributed by atoms with Crippen LogP contribution in [0.2, 0.25) is 0 Å². The summed E-state index contributed by atoms with van der Waals surface area (Å²) in [5.74, 6) is -0.00475. The maximum absolute atomic E-state index is 12.1. The van der Waals surface area contributed by atoms with Crippen molar-refractivity contribution in [3.8, 4) is 5.69 Å². The number of benzene rings is 2. The van der Waals surface area contributed by atoms with E-state index in [0.29, 0.717) is 11.5 Å². The molecule has 3 heterocycles. The number of anilines is 3. The van der Waals surface area contributed by atoms with Gasteiger partial charge in [-0.05, 0) is 119 Å². The van der Waals surface area contributed by atoms with Gasteiger partial charge in [-0.2, -0.15) is 0 Å². The van der Waals surface area contributed by atoms with Gasteiger partial charge in [-0.25, -0.2) is 0 Å². The van der Waals surface area contributed by atoms with E-state index in [1.54, 1.807) is 0 Å². The van der Waals surface area contributed by atoms with Crippen LogP contribution in [0.5, 0.6) is 0 Å². The Labute approximate surface area is 254 Å². The van der Waals surface area contributed by atoms with Crippen molar-refractivity contribution < 1.29 is 4.79 Å². The van der Waals surface area contributed by atoms with Crippen molar-refractivity contribution in [1.29, 1.82) is 0 Å². The molecular weight excluding hydrogens is 540 g/mol. The van der Waals surface area contributed by atoms with Crippen LogP contribution in [-0.2, 0) is 4.79 Å². The topological polar surface area (TPSA) is 65.4 Å². The number of hydrogen-bond donors (Lipinski definition) is 2. The minimum absolute atomic E-state index is 0.00475. The van der Waals surface area contributed by atoms with Crippen molar-refractivity contribution in [2.24, 2.45) is 0 Å². The van der Waals surface area contributed by atoms with Gasteiger partial charge in [0.25, 0.3) is 0 Å². The van der Waals surface area contributed by atoms with Gasteiger partial charge >= 0.3 is 0 Å². The van der Waals surface area contributed by atoms with E-state index < -0.39 is 0 Å². The zero-order chi connectivity index (χ0) is 30.0. The van der Waals surface area contributed by atoms with E-state index in [4.69, 9.17) is 17.2 Å². The van der Waals surface area contributed by atoms with Crippen molar-refractivity contribution >= 4 is 40.3 Å². The average molecular weight is 581 g/mol. The molecule has 2 aromatic carbocycles. The van der Waals surface area contributed by atoms with E-state index in [1.807, 2.05) is 44.3 Å². The lowest BCUT2D eigenvalue weighted by molar-refractivity contribution is -0.115. The minimum atomic E-state index is -0.141. The highest BCUT2D eigenvalue weighted by atomic mass is 32.1. The highest BCUT2D eigenvalue weighted by molar-refractivity contribution is 7.80. The third-order valence-corrected chi connectivity index (χ3v) is 8.52. The van der Waals surface area contributed by atoms with E-state index in [-0.39, 0.29) is 18.0 Å². The van der Waals surface area contributed by atoms with Crippen molar-refractivity contribution in [2.75, 3.05) is 28.2 Å². The molecule has 5 rings (SSSR count). The van der Waals surface area contributed by atoms with E-state index in [2.05, 4.69) is 95.2 Å². The van der Waals surface area contributed by atoms with Gasteiger partial charge in [0.15, 0.2) is 5.11 Å². The van der Waals surface area contributed by atoms with Gasteiger partial charge in [0, 0.05) is 59.8 Å². The first-order chi connectivity index (χ1) is 20.3. The first-order valence-corrected chi connectivity index (χ1v) is 15.1. The van der Waals surface area contributed by atoms with Gasteiger partial charge in [0.2, 0.25) is 5.91 Å². The minimum Gasteiger partial charge on any atom is -0.372 e. The standard InChI is InChI=1S/C34H40N6OS/c1-7-31(41)36-29-18-17-27(20-22(29)4)40-33(32(37-34(40)42)30-12-10-11-19-35-30)28-21-23(5)39(24(28)6)26-15-13-25(14-16-26)38(8-2)9-3/h10-21,32-33H,7-9H2,1-6H3,(H,36,41)(H,37,42)/t32-,33+/m1/s1. The summed E-state index contributed by atoms with van der Waals surface area (Å²) in [6, 6.07) is 22.9. The summed E-state index contributed by atoms with van der Waals surface area (Å²) in [5, 5.41) is 7.23. The Morgan fingerprint density at radius 2 is 1.69 bits per heavy atom. The normalized spacial score (nSPS) is 16.4. The predicted octanol–water partition coefficient (Wildman–Crippen LogP) is 7.17. The number of aryl methyl sites for hydroxylation is 2. The molecular formula is C34H40N6OS. The van der Waals surface area contributed by atoms with Crippen LogP contribution in [0.25, 0.3) is 5.69 Å². The maximum Gasteiger partial charge on any atom is 0.224 e. The van der Waals surface area contributed by atoms with Crippen LogP contribution < -0.4 is 20.4 Å². The van der Waals surface area contributed by atoms with Crippen molar-refractivity contribution in [1.82, 2.24) is 14.9 Å². The number of carbonyl (C=O) groups excluding carboxylic acids is 1. The molecule has 0 aliphatic carbocycles. The number of hydrogen-bond acceptors (Lipinski definition) is 4. The molecule has 42 heavy (non-hydrogen) atoms. The molecule has 8 heteroatoms. The molecule has 0 saturated carbocycles. The van der Waals surface area contributed by atoms with Gasteiger partial charge in [-0.15, -0.1) is 0 Å². The summed E-state index contributed by atoms with van der Waals surface area (Å²) in [6.45, 7) is 14.5. The van der Waals surface area contributed by atoms with Crippen LogP contribution >= 0.6 is 12.2 Å². The van der Waals surface area contributed by atoms with Crippen LogP contribution in [0.4, 0.5) is 17.1 Å². The van der Waals surface area contributed by atoms with Gasteiger partial charge < -0.3 is 25.0 Å². The number of pyridine rings is 1. The highest BCUT2D eigenvalue weighted by Crippen LogP contribution is 2.44. The molecule has 2 atom stereocenters. The molecule has 2 N–H and O–H groups in total. The Morgan fingerprint density at radius 1 is 0.976 bits per heavy atom. The van der Waals surface area contributed by atoms with Crippen LogP contribution in [0, 0.1) is 20.8 Å². The smallest absolute Gasteiger partial charge is 0.224 e. The molecule has 0 radical (unpaired) electrons. The quantitative estimate of drug-likeness (QED) is 0.205. The molecule has 4 aromatic rings. The first-order valence-electron chi connectivity index (χ1n) is 14.7. The Morgan fingerprint density at radius 3 is 2.31 bits per heavy atom. The summed E-state index contributed by atoms with van der Waals surface area (Å²) in [7, 11) is 0. The Kier molecular flexibility index (Phi) is 8.64. The fourth-order valence-electron chi connectivity index (χ4n) is 6.01. The second-order valence-corrected chi connectivity index (χ2v) is 11.1. The average Bonchev–Trinajstić information content (AvgIpc) is 3.50. The number of aromatic nitrogens is 2. The fourth-order valence-corrected chi connectivity index (χ4v) is 6.36. The molecule has 0 unspecified atom stereocenters. The zero-order valence-electron chi connectivity index (χ0n) is 25.3. The number of thiocarbonyl (C=S) groups is 1. The molecule has 1 aliphatic heterocycles. The fraction of sp³-hybridized carbons (Fsp3) is 0.324. The van der Waals surface area contributed by atoms with Gasteiger partial charge in [-0.3, -0.25) is 9.78 Å². The summed E-state index contributed by atoms with van der Waals surface area (Å²) in [6.07, 6.45) is 2.26. The number of nitrogens with zero attached hydrogens (tertiary/aromatic N) is 4. The molecule has 1 saturated heterocycles. The molecule has 1 aliphatic rings. The Hall–Kier alpha value is -4.17. The predicted molar refractivity (Wildman–Crippen MR) is 177 cm³/mol. The Bertz CT molecular complexity index is 1580. The summed E-state index contributed by atoms with van der Waals surface area (Å²) in [5.41, 5.74) is 9.56. The van der Waals surface area contributed by atoms with E-state index in [9.17, 15) is 4.79 Å². The largest absolute Gasteiger partial charge is 0.372 e. The third kappa shape index (κ3) is 5.51. The second kappa shape index (κ2) is 12.4. The summed E-state index contributed by atoms with van der Waals surface area (Å²) >= 11 is 5.99. The maximum atomic E-state index is 12.1. The van der Waals surface area contributed by atoms with Gasteiger partial charge in [0.1, 0.15) is 0 Å². The molecule has 218 valence electrons. The monoisotopic (exact) mass is 580 g/mol. The van der Waals surface area contributed by atoms with Crippen LogP contribution in [0.15, 0.2) is 72.9 Å². The number of carbonyl (C=O) groups is 1. The van der Waals surface area contributed by atoms with Crippen LogP contribution in [0.3, 0.4) is 0 Å². The third-order valence-electron chi connectivity index (χ3n) is 8.21. The van der Waals surface area contributed by atoms with Gasteiger partial charge in [0.05, 0.1) is 17.8 Å². The molecule has 2 aromatic heterocycles. The highest BCUT2D eigenvalue weighted by Gasteiger charge is 2.42. The summed E-state index contributed by atoms with van der Waals surface area (Å²) in [4.78, 5) is 21.3. The number of amides is 1. The molecule has 1 fully saturated rings.